The Kier molecular flexibility index (Phi) is 7.85. The van der Waals surface area contributed by atoms with Crippen LogP contribution in [0.4, 0.5) is 17.1 Å². The highest BCUT2D eigenvalue weighted by atomic mass is 15.2. The van der Waals surface area contributed by atoms with E-state index in [-0.39, 0.29) is 5.41 Å². The average molecular weight is 781 g/mol. The molecule has 0 aliphatic carbocycles. The van der Waals surface area contributed by atoms with Crippen molar-refractivity contribution in [2.24, 2.45) is 0 Å². The number of hydrogen-bond donors (Lipinski definition) is 0. The number of benzene rings is 9. The van der Waals surface area contributed by atoms with Crippen molar-refractivity contribution in [2.75, 3.05) is 4.90 Å². The Morgan fingerprint density at radius 1 is 0.443 bits per heavy atom. The van der Waals surface area contributed by atoms with Gasteiger partial charge in [-0.2, -0.15) is 0 Å². The molecule has 1 aliphatic rings. The van der Waals surface area contributed by atoms with E-state index in [1.54, 1.807) is 0 Å². The van der Waals surface area contributed by atoms with Gasteiger partial charge in [0.1, 0.15) is 0 Å². The Balaban J connectivity index is 1.11. The van der Waals surface area contributed by atoms with Crippen molar-refractivity contribution in [2.45, 2.75) is 19.3 Å². The molecule has 9 aromatic carbocycles. The largest absolute Gasteiger partial charge is 0.310 e. The van der Waals surface area contributed by atoms with Crippen LogP contribution in [-0.4, -0.2) is 14.5 Å². The van der Waals surface area contributed by atoms with Crippen LogP contribution < -0.4 is 4.90 Å². The van der Waals surface area contributed by atoms with Gasteiger partial charge in [0, 0.05) is 49.6 Å². The molecule has 0 bridgehead atoms. The van der Waals surface area contributed by atoms with Crippen LogP contribution in [0.25, 0.3) is 82.9 Å². The Hall–Kier alpha value is -7.82. The van der Waals surface area contributed by atoms with E-state index in [4.69, 9.17) is 9.97 Å². The van der Waals surface area contributed by atoms with E-state index in [1.165, 1.54) is 49.6 Å². The number of anilines is 3. The van der Waals surface area contributed by atoms with Crippen molar-refractivity contribution < 1.29 is 0 Å². The Labute approximate surface area is 354 Å². The fraction of sp³-hybridized carbons (Fsp3) is 0.0526. The van der Waals surface area contributed by atoms with Gasteiger partial charge in [0.25, 0.3) is 0 Å². The van der Waals surface area contributed by atoms with E-state index in [1.807, 2.05) is 12.1 Å². The van der Waals surface area contributed by atoms with Gasteiger partial charge >= 0.3 is 0 Å². The molecular formula is C57H40N4. The minimum absolute atomic E-state index is 0.193. The zero-order valence-corrected chi connectivity index (χ0v) is 33.9. The monoisotopic (exact) mass is 780 g/mol. The first-order valence-corrected chi connectivity index (χ1v) is 21.0. The van der Waals surface area contributed by atoms with Crippen molar-refractivity contribution >= 4 is 60.5 Å². The first-order valence-electron chi connectivity index (χ1n) is 21.0. The van der Waals surface area contributed by atoms with Crippen molar-refractivity contribution in [3.05, 3.63) is 217 Å². The van der Waals surface area contributed by atoms with Crippen molar-refractivity contribution in [3.63, 3.8) is 0 Å². The smallest absolute Gasteiger partial charge is 0.160 e. The SMILES string of the molecule is CC1(C)c2ccccc2N(c2ccccc2)c2cc(-c3cccc4c5c6ccccc6ccc5n(-c5cccc(-c6nc(-c7ccccc7)c7ccccc7n6)c5)c34)ccc21. The normalized spacial score (nSPS) is 13.2. The maximum atomic E-state index is 5.27. The number of aromatic nitrogens is 3. The molecule has 0 fully saturated rings. The second-order valence-electron chi connectivity index (χ2n) is 16.6. The minimum atomic E-state index is -0.193. The van der Waals surface area contributed by atoms with Gasteiger partial charge in [-0.3, -0.25) is 0 Å². The summed E-state index contributed by atoms with van der Waals surface area (Å²) >= 11 is 0. The van der Waals surface area contributed by atoms with Crippen LogP contribution in [0.1, 0.15) is 25.0 Å². The molecular weight excluding hydrogens is 741 g/mol. The van der Waals surface area contributed by atoms with Gasteiger partial charge in [-0.15, -0.1) is 0 Å². The summed E-state index contributed by atoms with van der Waals surface area (Å²) in [5.74, 6) is 0.699. The molecule has 61 heavy (non-hydrogen) atoms. The summed E-state index contributed by atoms with van der Waals surface area (Å²) in [7, 11) is 0. The molecule has 0 amide bonds. The van der Waals surface area contributed by atoms with E-state index in [0.717, 1.165) is 55.7 Å². The van der Waals surface area contributed by atoms with Gasteiger partial charge in [0.2, 0.25) is 0 Å². The molecule has 0 N–H and O–H groups in total. The van der Waals surface area contributed by atoms with Gasteiger partial charge in [-0.05, 0) is 76.0 Å². The molecule has 0 atom stereocenters. The van der Waals surface area contributed by atoms with Crippen LogP contribution >= 0.6 is 0 Å². The van der Waals surface area contributed by atoms with Gasteiger partial charge in [0.15, 0.2) is 5.82 Å². The summed E-state index contributed by atoms with van der Waals surface area (Å²) in [6.07, 6.45) is 0. The highest BCUT2D eigenvalue weighted by molar-refractivity contribution is 6.23. The topological polar surface area (TPSA) is 34.0 Å². The third-order valence-corrected chi connectivity index (χ3v) is 12.7. The zero-order valence-electron chi connectivity index (χ0n) is 33.9. The average Bonchev–Trinajstić information content (AvgIpc) is 3.67. The molecule has 12 rings (SSSR count). The number of para-hydroxylation sites is 4. The van der Waals surface area contributed by atoms with Crippen LogP contribution in [0.3, 0.4) is 0 Å². The van der Waals surface area contributed by atoms with E-state index >= 15 is 0 Å². The van der Waals surface area contributed by atoms with Crippen molar-refractivity contribution in [3.8, 4) is 39.5 Å². The van der Waals surface area contributed by atoms with Gasteiger partial charge in [0.05, 0.1) is 33.6 Å². The molecule has 0 unspecified atom stereocenters. The van der Waals surface area contributed by atoms with Crippen LogP contribution in [-0.2, 0) is 5.41 Å². The Morgan fingerprint density at radius 3 is 1.98 bits per heavy atom. The standard InChI is InChI=1S/C57H40N4/c1-57(2)47-28-12-14-30-50(47)60(41-21-7-4-8-22-41)52-36-39(31-33-48(52)57)44-26-16-27-46-53-43-24-10-9-17-37(43)32-34-51(53)61(55(44)46)42-23-15-20-40(35-42)56-58-49-29-13-11-25-45(49)54(59-56)38-18-5-3-6-19-38/h3-36H,1-2H3. The third kappa shape index (κ3) is 5.46. The maximum absolute atomic E-state index is 5.27. The quantitative estimate of drug-likeness (QED) is 0.174. The fourth-order valence-corrected chi connectivity index (χ4v) is 9.88. The van der Waals surface area contributed by atoms with E-state index in [0.29, 0.717) is 5.82 Å². The van der Waals surface area contributed by atoms with Crippen molar-refractivity contribution in [1.82, 2.24) is 14.5 Å². The van der Waals surface area contributed by atoms with Gasteiger partial charge in [-0.25, -0.2) is 9.97 Å². The molecule has 4 heteroatoms. The molecule has 1 aliphatic heterocycles. The maximum Gasteiger partial charge on any atom is 0.160 e. The third-order valence-electron chi connectivity index (χ3n) is 12.7. The lowest BCUT2D eigenvalue weighted by Gasteiger charge is -2.42. The number of hydrogen-bond acceptors (Lipinski definition) is 3. The van der Waals surface area contributed by atoms with Gasteiger partial charge < -0.3 is 9.47 Å². The Bertz CT molecular complexity index is 3510. The molecule has 288 valence electrons. The second kappa shape index (κ2) is 13.6. The molecule has 0 spiro atoms. The summed E-state index contributed by atoms with van der Waals surface area (Å²) in [5.41, 5.74) is 15.6. The van der Waals surface area contributed by atoms with E-state index in [9.17, 15) is 0 Å². The molecule has 4 nitrogen and oxygen atoms in total. The predicted molar refractivity (Wildman–Crippen MR) is 255 cm³/mol. The summed E-state index contributed by atoms with van der Waals surface area (Å²) in [5, 5.41) is 5.95. The van der Waals surface area contributed by atoms with Crippen LogP contribution in [0.5, 0.6) is 0 Å². The zero-order chi connectivity index (χ0) is 40.7. The van der Waals surface area contributed by atoms with E-state index < -0.39 is 0 Å². The molecule has 2 aromatic heterocycles. The summed E-state index contributed by atoms with van der Waals surface area (Å²) in [4.78, 5) is 12.9. The first-order chi connectivity index (χ1) is 30.0. The Morgan fingerprint density at radius 2 is 1.11 bits per heavy atom. The predicted octanol–water partition coefficient (Wildman–Crippen LogP) is 15.0. The highest BCUT2D eigenvalue weighted by Gasteiger charge is 2.37. The summed E-state index contributed by atoms with van der Waals surface area (Å²) in [6, 6.07) is 74.3. The van der Waals surface area contributed by atoms with Crippen LogP contribution in [0.15, 0.2) is 206 Å². The lowest BCUT2D eigenvalue weighted by molar-refractivity contribution is 0.632. The second-order valence-corrected chi connectivity index (χ2v) is 16.6. The van der Waals surface area contributed by atoms with Crippen molar-refractivity contribution in [1.29, 1.82) is 0 Å². The molecule has 0 saturated heterocycles. The van der Waals surface area contributed by atoms with E-state index in [2.05, 4.69) is 217 Å². The number of fused-ring (bicyclic) bond motifs is 8. The van der Waals surface area contributed by atoms with Gasteiger partial charge in [-0.1, -0.05) is 172 Å². The molecule has 0 radical (unpaired) electrons. The summed E-state index contributed by atoms with van der Waals surface area (Å²) in [6.45, 7) is 4.71. The summed E-state index contributed by atoms with van der Waals surface area (Å²) < 4.78 is 2.46. The number of rotatable bonds is 5. The number of nitrogens with zero attached hydrogens (tertiary/aromatic N) is 4. The first kappa shape index (κ1) is 35.2. The minimum Gasteiger partial charge on any atom is -0.310 e. The van der Waals surface area contributed by atoms with Crippen LogP contribution in [0, 0.1) is 0 Å². The lowest BCUT2D eigenvalue weighted by atomic mass is 9.73. The fourth-order valence-electron chi connectivity index (χ4n) is 9.88. The molecule has 0 saturated carbocycles. The lowest BCUT2D eigenvalue weighted by Crippen LogP contribution is -2.30. The molecule has 11 aromatic rings. The highest BCUT2D eigenvalue weighted by Crippen LogP contribution is 2.53. The molecule has 3 heterocycles. The van der Waals surface area contributed by atoms with Crippen LogP contribution in [0.2, 0.25) is 0 Å².